The van der Waals surface area contributed by atoms with Gasteiger partial charge in [-0.25, -0.2) is 0 Å². The van der Waals surface area contributed by atoms with Crippen molar-refractivity contribution in [1.29, 1.82) is 0 Å². The van der Waals surface area contributed by atoms with E-state index in [1.165, 1.54) is 12.8 Å². The number of likely N-dealkylation sites (tertiary alicyclic amines) is 1. The molecular weight excluding hydrogens is 538 g/mol. The highest BCUT2D eigenvalue weighted by atomic mass is 32.2. The normalized spacial score (nSPS) is 22.8. The number of β-amino-alcohol motifs (C(OH)–C–C–N with tert-alkyl or cyclic N) is 1. The molecular formula is C32H45N3O5S. The maximum absolute atomic E-state index is 13.5. The van der Waals surface area contributed by atoms with E-state index < -0.39 is 23.7 Å². The Morgan fingerprint density at radius 1 is 1.07 bits per heavy atom. The van der Waals surface area contributed by atoms with Gasteiger partial charge in [0.25, 0.3) is 5.91 Å². The first-order valence-electron chi connectivity index (χ1n) is 14.7. The van der Waals surface area contributed by atoms with Crippen LogP contribution < -0.4 is 10.6 Å². The van der Waals surface area contributed by atoms with E-state index in [4.69, 9.17) is 0 Å². The molecule has 2 amide bonds. The second-order valence-corrected chi connectivity index (χ2v) is 13.4. The standard InChI is InChI=1S/C32H45N3O5S/c1-21-25(14-9-15-28(21)37)30(39)33-26(19-41-24-12-5-4-6-13-24)29(38)18-35-17-23-11-8-7-10-22(23)16-27(35)31(40)34-32(2,3)20-36/h4-6,9,12-15,22-23,26-27,29,36-38H,7-8,10-11,16-20H2,1-3H3,(H,33,39)(H,34,40)/t22-,23+,26-,27-,29+/m0/s1. The third-order valence-corrected chi connectivity index (χ3v) is 9.72. The van der Waals surface area contributed by atoms with Gasteiger partial charge >= 0.3 is 0 Å². The Bertz CT molecular complexity index is 1180. The molecule has 8 nitrogen and oxygen atoms in total. The van der Waals surface area contributed by atoms with Crippen molar-refractivity contribution in [3.05, 3.63) is 59.7 Å². The molecule has 1 aliphatic heterocycles. The number of fused-ring (bicyclic) bond motifs is 1. The van der Waals surface area contributed by atoms with Gasteiger partial charge in [-0.15, -0.1) is 11.8 Å². The van der Waals surface area contributed by atoms with Crippen LogP contribution >= 0.6 is 11.8 Å². The lowest BCUT2D eigenvalue weighted by Crippen LogP contribution is -2.61. The van der Waals surface area contributed by atoms with Crippen molar-refractivity contribution in [2.24, 2.45) is 11.8 Å². The summed E-state index contributed by atoms with van der Waals surface area (Å²) in [5.41, 5.74) is 0.0992. The Morgan fingerprint density at radius 2 is 1.78 bits per heavy atom. The fourth-order valence-electron chi connectivity index (χ4n) is 6.07. The summed E-state index contributed by atoms with van der Waals surface area (Å²) in [5, 5.41) is 37.6. The molecule has 5 atom stereocenters. The van der Waals surface area contributed by atoms with E-state index in [2.05, 4.69) is 15.5 Å². The molecule has 1 heterocycles. The molecule has 2 aromatic carbocycles. The monoisotopic (exact) mass is 583 g/mol. The van der Waals surface area contributed by atoms with E-state index in [9.17, 15) is 24.9 Å². The van der Waals surface area contributed by atoms with E-state index in [-0.39, 0.29) is 30.7 Å². The minimum atomic E-state index is -0.936. The first-order chi connectivity index (χ1) is 19.6. The van der Waals surface area contributed by atoms with Crippen LogP contribution in [0.25, 0.3) is 0 Å². The van der Waals surface area contributed by atoms with Crippen molar-refractivity contribution in [1.82, 2.24) is 15.5 Å². The van der Waals surface area contributed by atoms with E-state index in [0.29, 0.717) is 28.7 Å². The summed E-state index contributed by atoms with van der Waals surface area (Å²) in [5.74, 6) is 0.943. The third-order valence-electron chi connectivity index (χ3n) is 8.59. The molecule has 0 unspecified atom stereocenters. The molecule has 1 aliphatic carbocycles. The molecule has 0 radical (unpaired) electrons. The van der Waals surface area contributed by atoms with Crippen LogP contribution in [0.3, 0.4) is 0 Å². The van der Waals surface area contributed by atoms with E-state index in [0.717, 1.165) is 30.7 Å². The summed E-state index contributed by atoms with van der Waals surface area (Å²) in [6.07, 6.45) is 4.39. The first kappa shape index (κ1) is 31.3. The van der Waals surface area contributed by atoms with Crippen molar-refractivity contribution in [3.8, 4) is 5.75 Å². The number of hydrogen-bond donors (Lipinski definition) is 5. The number of nitrogens with zero attached hydrogens (tertiary/aromatic N) is 1. The molecule has 2 fully saturated rings. The number of thioether (sulfide) groups is 1. The minimum Gasteiger partial charge on any atom is -0.508 e. The molecule has 224 valence electrons. The predicted molar refractivity (Wildman–Crippen MR) is 162 cm³/mol. The maximum Gasteiger partial charge on any atom is 0.252 e. The second kappa shape index (κ2) is 14.1. The Balaban J connectivity index is 1.54. The Kier molecular flexibility index (Phi) is 10.7. The van der Waals surface area contributed by atoms with Crippen molar-refractivity contribution in [2.75, 3.05) is 25.4 Å². The van der Waals surface area contributed by atoms with Gasteiger partial charge in [0.15, 0.2) is 0 Å². The SMILES string of the molecule is Cc1c(O)cccc1C(=O)N[C@@H](CSc1ccccc1)[C@H](O)CN1C[C@H]2CCCC[C@H]2C[C@H]1C(=O)NC(C)(C)CO. The number of rotatable bonds is 11. The van der Waals surface area contributed by atoms with Crippen LogP contribution in [-0.2, 0) is 4.79 Å². The number of aromatic hydroxyl groups is 1. The Morgan fingerprint density at radius 3 is 2.49 bits per heavy atom. The fraction of sp³-hybridized carbons (Fsp3) is 0.562. The number of amides is 2. The van der Waals surface area contributed by atoms with Crippen LogP contribution in [0.2, 0.25) is 0 Å². The molecule has 9 heteroatoms. The van der Waals surface area contributed by atoms with Crippen molar-refractivity contribution >= 4 is 23.6 Å². The minimum absolute atomic E-state index is 0.0448. The van der Waals surface area contributed by atoms with Crippen LogP contribution in [0.4, 0.5) is 0 Å². The highest BCUT2D eigenvalue weighted by Crippen LogP contribution is 2.39. The smallest absolute Gasteiger partial charge is 0.252 e. The van der Waals surface area contributed by atoms with Crippen molar-refractivity contribution in [3.63, 3.8) is 0 Å². The predicted octanol–water partition coefficient (Wildman–Crippen LogP) is 3.72. The quantitative estimate of drug-likeness (QED) is 0.256. The number of aliphatic hydroxyl groups excluding tert-OH is 2. The van der Waals surface area contributed by atoms with E-state index in [1.807, 2.05) is 30.3 Å². The maximum atomic E-state index is 13.5. The number of phenols is 1. The highest BCUT2D eigenvalue weighted by molar-refractivity contribution is 7.99. The summed E-state index contributed by atoms with van der Waals surface area (Å²) in [7, 11) is 0. The number of hydrogen-bond acceptors (Lipinski definition) is 7. The lowest BCUT2D eigenvalue weighted by molar-refractivity contribution is -0.133. The summed E-state index contributed by atoms with van der Waals surface area (Å²) < 4.78 is 0. The van der Waals surface area contributed by atoms with Gasteiger partial charge in [-0.3, -0.25) is 14.5 Å². The van der Waals surface area contributed by atoms with Crippen LogP contribution in [0.1, 0.15) is 61.9 Å². The van der Waals surface area contributed by atoms with Crippen molar-refractivity contribution in [2.45, 2.75) is 81.5 Å². The topological polar surface area (TPSA) is 122 Å². The van der Waals surface area contributed by atoms with Gasteiger partial charge in [0.2, 0.25) is 5.91 Å². The number of benzene rings is 2. The molecule has 0 bridgehead atoms. The summed E-state index contributed by atoms with van der Waals surface area (Å²) >= 11 is 1.55. The zero-order valence-electron chi connectivity index (χ0n) is 24.4. The number of carbonyl (C=O) groups is 2. The fourth-order valence-corrected chi connectivity index (χ4v) is 7.09. The molecule has 41 heavy (non-hydrogen) atoms. The zero-order chi connectivity index (χ0) is 29.6. The number of phenolic OH excluding ortho intramolecular Hbond substituents is 1. The zero-order valence-corrected chi connectivity index (χ0v) is 25.2. The molecule has 4 rings (SSSR count). The Labute approximate surface area is 247 Å². The molecule has 2 aliphatic rings. The number of piperidine rings is 1. The lowest BCUT2D eigenvalue weighted by Gasteiger charge is -2.47. The van der Waals surface area contributed by atoms with Crippen LogP contribution in [0.15, 0.2) is 53.4 Å². The van der Waals surface area contributed by atoms with Crippen molar-refractivity contribution < 1.29 is 24.9 Å². The van der Waals surface area contributed by atoms with E-state index in [1.54, 1.807) is 50.7 Å². The van der Waals surface area contributed by atoms with E-state index >= 15 is 0 Å². The number of nitrogens with one attached hydrogen (secondary N) is 2. The largest absolute Gasteiger partial charge is 0.508 e. The molecule has 1 saturated heterocycles. The molecule has 2 aromatic rings. The van der Waals surface area contributed by atoms with Gasteiger partial charge in [-0.1, -0.05) is 43.5 Å². The van der Waals surface area contributed by atoms with Crippen LogP contribution in [0.5, 0.6) is 5.75 Å². The van der Waals surface area contributed by atoms with Gasteiger partial charge in [-0.2, -0.15) is 0 Å². The molecule has 1 saturated carbocycles. The molecule has 0 spiro atoms. The van der Waals surface area contributed by atoms with Gasteiger partial charge in [-0.05, 0) is 69.7 Å². The van der Waals surface area contributed by atoms with Gasteiger partial charge in [0.1, 0.15) is 5.75 Å². The number of aliphatic hydroxyl groups is 2. The average Bonchev–Trinajstić information content (AvgIpc) is 2.96. The lowest BCUT2D eigenvalue weighted by atomic mass is 9.72. The first-order valence-corrected chi connectivity index (χ1v) is 15.7. The average molecular weight is 584 g/mol. The van der Waals surface area contributed by atoms with Crippen LogP contribution in [-0.4, -0.2) is 81.2 Å². The second-order valence-electron chi connectivity index (χ2n) is 12.3. The summed E-state index contributed by atoms with van der Waals surface area (Å²) in [6.45, 7) is 6.08. The van der Waals surface area contributed by atoms with Gasteiger partial charge < -0.3 is 26.0 Å². The summed E-state index contributed by atoms with van der Waals surface area (Å²) in [6, 6.07) is 13.7. The molecule has 5 N–H and O–H groups in total. The van der Waals surface area contributed by atoms with Crippen LogP contribution in [0, 0.1) is 18.8 Å². The Hall–Kier alpha value is -2.59. The number of carbonyl (C=O) groups excluding carboxylic acids is 2. The third kappa shape index (κ3) is 8.25. The van der Waals surface area contributed by atoms with Gasteiger partial charge in [0.05, 0.1) is 30.3 Å². The van der Waals surface area contributed by atoms with Gasteiger partial charge in [0, 0.05) is 34.9 Å². The summed E-state index contributed by atoms with van der Waals surface area (Å²) in [4.78, 5) is 30.0. The highest BCUT2D eigenvalue weighted by Gasteiger charge is 2.42. The molecule has 0 aromatic heterocycles.